The molecule has 0 spiro atoms. The lowest BCUT2D eigenvalue weighted by atomic mass is 10.1. The molecule has 0 radical (unpaired) electrons. The number of nitrogens with two attached hydrogens (primary N) is 1. The number of nitrogen functional groups attached to an aromatic ring is 1. The number of thiophene rings is 1. The molecule has 0 saturated carbocycles. The minimum Gasteiger partial charge on any atom is -0.396 e. The minimum absolute atomic E-state index is 0.0421. The molecule has 0 unspecified atom stereocenters. The Balaban J connectivity index is 2.56. The van der Waals surface area contributed by atoms with Crippen molar-refractivity contribution in [1.29, 1.82) is 5.26 Å². The third-order valence-corrected chi connectivity index (χ3v) is 6.48. The molecule has 1 aliphatic heterocycles. The third-order valence-electron chi connectivity index (χ3n) is 3.39. The average molecular weight is 329 g/mol. The maximum atomic E-state index is 12.3. The van der Waals surface area contributed by atoms with Crippen LogP contribution in [0.2, 0.25) is 0 Å². The van der Waals surface area contributed by atoms with E-state index in [0.29, 0.717) is 24.7 Å². The van der Waals surface area contributed by atoms with E-state index in [9.17, 15) is 8.42 Å². The lowest BCUT2D eigenvalue weighted by Crippen LogP contribution is -2.48. The Morgan fingerprint density at radius 3 is 2.71 bits per heavy atom. The monoisotopic (exact) mass is 329 g/mol. The zero-order valence-corrected chi connectivity index (χ0v) is 14.0. The Kier molecular flexibility index (Phi) is 4.19. The summed E-state index contributed by atoms with van der Waals surface area (Å²) in [5.41, 5.74) is 5.61. The second kappa shape index (κ2) is 5.48. The molecule has 2 N–H and O–H groups in total. The molecule has 2 rings (SSSR count). The van der Waals surface area contributed by atoms with Gasteiger partial charge < -0.3 is 15.4 Å². The summed E-state index contributed by atoms with van der Waals surface area (Å²) in [6.07, 6.45) is 0. The summed E-state index contributed by atoms with van der Waals surface area (Å²) >= 11 is 1.14. The second-order valence-electron chi connectivity index (χ2n) is 5.52. The molecular formula is C13H19N3O3S2. The zero-order valence-electron chi connectivity index (χ0n) is 12.3. The smallest absolute Gasteiger partial charge is 0.183 e. The molecule has 1 aromatic rings. The van der Waals surface area contributed by atoms with Crippen molar-refractivity contribution >= 4 is 31.9 Å². The van der Waals surface area contributed by atoms with Gasteiger partial charge in [0.2, 0.25) is 0 Å². The molecule has 21 heavy (non-hydrogen) atoms. The Morgan fingerprint density at radius 1 is 1.52 bits per heavy atom. The lowest BCUT2D eigenvalue weighted by molar-refractivity contribution is -0.0276. The molecule has 6 nitrogen and oxygen atoms in total. The SMILES string of the molecule is CCS(=O)(=O)c1c(N2CCOC(C)(C)C2)sc(C#N)c1N. The molecule has 8 heteroatoms. The maximum absolute atomic E-state index is 12.3. The van der Waals surface area contributed by atoms with E-state index in [2.05, 4.69) is 0 Å². The summed E-state index contributed by atoms with van der Waals surface area (Å²) in [4.78, 5) is 2.30. The van der Waals surface area contributed by atoms with Gasteiger partial charge in [-0.1, -0.05) is 6.92 Å². The van der Waals surface area contributed by atoms with Crippen molar-refractivity contribution in [2.45, 2.75) is 31.3 Å². The minimum atomic E-state index is -3.48. The van der Waals surface area contributed by atoms with Crippen molar-refractivity contribution in [3.05, 3.63) is 4.88 Å². The standard InChI is InChI=1S/C13H19N3O3S2/c1-4-21(17,18)11-10(15)9(7-14)20-12(11)16-5-6-19-13(2,3)8-16/h4-6,8,15H2,1-3H3. The van der Waals surface area contributed by atoms with E-state index in [1.54, 1.807) is 6.92 Å². The second-order valence-corrected chi connectivity index (χ2v) is 8.74. The molecule has 0 aliphatic carbocycles. The first kappa shape index (κ1) is 16.1. The van der Waals surface area contributed by atoms with Gasteiger partial charge in [-0.15, -0.1) is 11.3 Å². The third kappa shape index (κ3) is 3.00. The van der Waals surface area contributed by atoms with Crippen LogP contribution in [0.5, 0.6) is 0 Å². The van der Waals surface area contributed by atoms with E-state index in [4.69, 9.17) is 15.7 Å². The molecule has 1 fully saturated rings. The van der Waals surface area contributed by atoms with Crippen LogP contribution in [0.15, 0.2) is 4.90 Å². The molecular weight excluding hydrogens is 310 g/mol. The van der Waals surface area contributed by atoms with Gasteiger partial charge in [0.25, 0.3) is 0 Å². The summed E-state index contributed by atoms with van der Waals surface area (Å²) in [5.74, 6) is -0.0421. The highest BCUT2D eigenvalue weighted by Crippen LogP contribution is 2.42. The topological polar surface area (TPSA) is 96.4 Å². The van der Waals surface area contributed by atoms with Crippen molar-refractivity contribution in [1.82, 2.24) is 0 Å². The molecule has 2 heterocycles. The number of anilines is 2. The average Bonchev–Trinajstić information content (AvgIpc) is 2.75. The van der Waals surface area contributed by atoms with Crippen LogP contribution >= 0.6 is 11.3 Å². The van der Waals surface area contributed by atoms with Crippen LogP contribution in [-0.4, -0.2) is 39.5 Å². The van der Waals surface area contributed by atoms with Crippen molar-refractivity contribution in [2.75, 3.05) is 36.1 Å². The molecule has 0 atom stereocenters. The van der Waals surface area contributed by atoms with Gasteiger partial charge in [-0.2, -0.15) is 5.26 Å². The number of ether oxygens (including phenoxy) is 1. The van der Waals surface area contributed by atoms with Gasteiger partial charge in [-0.25, -0.2) is 8.42 Å². The molecule has 116 valence electrons. The van der Waals surface area contributed by atoms with Crippen LogP contribution in [-0.2, 0) is 14.6 Å². The number of hydrogen-bond donors (Lipinski definition) is 1. The number of morpholine rings is 1. The fourth-order valence-corrected chi connectivity index (χ4v) is 4.97. The van der Waals surface area contributed by atoms with E-state index >= 15 is 0 Å². The fourth-order valence-electron chi connectivity index (χ4n) is 2.34. The molecule has 0 amide bonds. The van der Waals surface area contributed by atoms with Gasteiger partial charge >= 0.3 is 0 Å². The van der Waals surface area contributed by atoms with Crippen molar-refractivity contribution in [2.24, 2.45) is 0 Å². The summed E-state index contributed by atoms with van der Waals surface area (Å²) < 4.78 is 30.3. The van der Waals surface area contributed by atoms with Gasteiger partial charge in [0.15, 0.2) is 9.84 Å². The quantitative estimate of drug-likeness (QED) is 0.905. The summed E-state index contributed by atoms with van der Waals surface area (Å²) in [7, 11) is -3.48. The molecule has 1 aliphatic rings. The largest absolute Gasteiger partial charge is 0.396 e. The highest BCUT2D eigenvalue weighted by Gasteiger charge is 2.34. The Hall–Kier alpha value is -1.30. The van der Waals surface area contributed by atoms with Crippen molar-refractivity contribution in [3.63, 3.8) is 0 Å². The molecule has 1 saturated heterocycles. The maximum Gasteiger partial charge on any atom is 0.183 e. The first-order valence-corrected chi connectivity index (χ1v) is 9.12. The van der Waals surface area contributed by atoms with Crippen LogP contribution in [0.3, 0.4) is 0 Å². The first-order chi connectivity index (χ1) is 9.72. The fraction of sp³-hybridized carbons (Fsp3) is 0.615. The van der Waals surface area contributed by atoms with E-state index in [-0.39, 0.29) is 26.8 Å². The van der Waals surface area contributed by atoms with Gasteiger partial charge in [0.1, 0.15) is 20.8 Å². The molecule has 1 aromatic heterocycles. The number of rotatable bonds is 3. The van der Waals surface area contributed by atoms with Gasteiger partial charge in [0.05, 0.1) is 23.6 Å². The number of sulfone groups is 1. The van der Waals surface area contributed by atoms with E-state index in [1.165, 1.54) is 0 Å². The highest BCUT2D eigenvalue weighted by atomic mass is 32.2. The van der Waals surface area contributed by atoms with Crippen LogP contribution in [0, 0.1) is 11.3 Å². The predicted octanol–water partition coefficient (Wildman–Crippen LogP) is 1.61. The van der Waals surface area contributed by atoms with E-state index in [0.717, 1.165) is 11.3 Å². The zero-order chi connectivity index (χ0) is 15.8. The summed E-state index contributed by atoms with van der Waals surface area (Å²) in [6.45, 7) is 7.14. The van der Waals surface area contributed by atoms with E-state index < -0.39 is 9.84 Å². The number of hydrogen-bond acceptors (Lipinski definition) is 7. The molecule has 0 aromatic carbocycles. The first-order valence-electron chi connectivity index (χ1n) is 6.66. The summed E-state index contributed by atoms with van der Waals surface area (Å²) in [6, 6.07) is 1.98. The van der Waals surface area contributed by atoms with Crippen LogP contribution < -0.4 is 10.6 Å². The van der Waals surface area contributed by atoms with E-state index in [1.807, 2.05) is 24.8 Å². The number of nitrogens with zero attached hydrogens (tertiary/aromatic N) is 2. The van der Waals surface area contributed by atoms with Crippen molar-refractivity contribution < 1.29 is 13.2 Å². The van der Waals surface area contributed by atoms with Gasteiger partial charge in [0, 0.05) is 13.1 Å². The van der Waals surface area contributed by atoms with Crippen LogP contribution in [0.25, 0.3) is 0 Å². The molecule has 0 bridgehead atoms. The Labute approximate surface area is 129 Å². The highest BCUT2D eigenvalue weighted by molar-refractivity contribution is 7.91. The normalized spacial score (nSPS) is 18.5. The summed E-state index contributed by atoms with van der Waals surface area (Å²) in [5, 5.41) is 9.70. The lowest BCUT2D eigenvalue weighted by Gasteiger charge is -2.39. The predicted molar refractivity (Wildman–Crippen MR) is 83.4 cm³/mol. The Morgan fingerprint density at radius 2 is 2.19 bits per heavy atom. The Bertz CT molecular complexity index is 686. The van der Waals surface area contributed by atoms with Gasteiger partial charge in [-0.05, 0) is 13.8 Å². The van der Waals surface area contributed by atoms with Crippen LogP contribution in [0.4, 0.5) is 10.7 Å². The van der Waals surface area contributed by atoms with Crippen molar-refractivity contribution in [3.8, 4) is 6.07 Å². The van der Waals surface area contributed by atoms with Crippen LogP contribution in [0.1, 0.15) is 25.6 Å². The number of nitriles is 1. The van der Waals surface area contributed by atoms with Gasteiger partial charge in [-0.3, -0.25) is 0 Å².